The summed E-state index contributed by atoms with van der Waals surface area (Å²) in [6, 6.07) is 0. The molecule has 0 spiro atoms. The average molecular weight is 278 g/mol. The third-order valence-corrected chi connectivity index (χ3v) is 3.12. The van der Waals surface area contributed by atoms with Crippen LogP contribution in [0, 0.1) is 0 Å². The molecule has 0 aromatic carbocycles. The van der Waals surface area contributed by atoms with Crippen LogP contribution >= 0.6 is 0 Å². The fourth-order valence-electron chi connectivity index (χ4n) is 1.92. The third kappa shape index (κ3) is 8.63. The Hall–Kier alpha value is -1.44. The smallest absolute Gasteiger partial charge is 0.121 e. The molecule has 0 rings (SSSR count). The highest BCUT2D eigenvalue weighted by Crippen LogP contribution is 2.12. The molecule has 2 nitrogen and oxygen atoms in total. The highest BCUT2D eigenvalue weighted by molar-refractivity contribution is 5.30. The van der Waals surface area contributed by atoms with Crippen molar-refractivity contribution in [2.75, 3.05) is 13.7 Å². The zero-order chi connectivity index (χ0) is 15.2. The number of ether oxygens (including phenoxy) is 2. The Morgan fingerprint density at radius 1 is 1.00 bits per heavy atom. The van der Waals surface area contributed by atoms with E-state index in [1.54, 1.807) is 19.3 Å². The van der Waals surface area contributed by atoms with E-state index in [9.17, 15) is 0 Å². The van der Waals surface area contributed by atoms with Gasteiger partial charge in [0, 0.05) is 0 Å². The van der Waals surface area contributed by atoms with Crippen LogP contribution in [0.3, 0.4) is 0 Å². The van der Waals surface area contributed by atoms with Gasteiger partial charge in [0.25, 0.3) is 0 Å². The van der Waals surface area contributed by atoms with Gasteiger partial charge in [-0.3, -0.25) is 0 Å². The van der Waals surface area contributed by atoms with Crippen molar-refractivity contribution < 1.29 is 9.47 Å². The average Bonchev–Trinajstić information content (AvgIpc) is 2.46. The normalized spacial score (nSPS) is 12.7. The minimum atomic E-state index is 0.744. The van der Waals surface area contributed by atoms with Crippen molar-refractivity contribution in [2.45, 2.75) is 52.4 Å². The first-order valence-corrected chi connectivity index (χ1v) is 7.53. The van der Waals surface area contributed by atoms with Crippen LogP contribution in [0.2, 0.25) is 0 Å². The molecule has 0 atom stereocenters. The third-order valence-electron chi connectivity index (χ3n) is 3.12. The lowest BCUT2D eigenvalue weighted by Gasteiger charge is -2.08. The molecule has 114 valence electrons. The zero-order valence-electron chi connectivity index (χ0n) is 13.4. The monoisotopic (exact) mass is 278 g/mol. The van der Waals surface area contributed by atoms with Crippen LogP contribution in [0.25, 0.3) is 0 Å². The number of hydrogen-bond donors (Lipinski definition) is 0. The lowest BCUT2D eigenvalue weighted by molar-refractivity contribution is 0.216. The summed E-state index contributed by atoms with van der Waals surface area (Å²) < 4.78 is 10.9. The van der Waals surface area contributed by atoms with Gasteiger partial charge in [-0.05, 0) is 37.1 Å². The summed E-state index contributed by atoms with van der Waals surface area (Å²) in [5.41, 5.74) is 0.986. The molecule has 0 bridgehead atoms. The van der Waals surface area contributed by atoms with Crippen LogP contribution in [0.15, 0.2) is 48.5 Å². The lowest BCUT2D eigenvalue weighted by Crippen LogP contribution is -1.95. The summed E-state index contributed by atoms with van der Waals surface area (Å²) in [4.78, 5) is 0. The van der Waals surface area contributed by atoms with Crippen molar-refractivity contribution in [1.82, 2.24) is 0 Å². The zero-order valence-corrected chi connectivity index (χ0v) is 13.4. The van der Waals surface area contributed by atoms with Crippen molar-refractivity contribution in [2.24, 2.45) is 0 Å². The van der Waals surface area contributed by atoms with E-state index in [1.807, 2.05) is 13.0 Å². The molecule has 20 heavy (non-hydrogen) atoms. The second-order valence-corrected chi connectivity index (χ2v) is 4.82. The predicted octanol–water partition coefficient (Wildman–Crippen LogP) is 5.54. The Labute approximate surface area is 124 Å². The Balaban J connectivity index is 4.12. The quantitative estimate of drug-likeness (QED) is 0.265. The maximum absolute atomic E-state index is 5.73. The molecule has 0 aromatic rings. The summed E-state index contributed by atoms with van der Waals surface area (Å²) in [6.45, 7) is 12.4. The summed E-state index contributed by atoms with van der Waals surface area (Å²) >= 11 is 0. The molecule has 0 saturated carbocycles. The number of allylic oxidation sites excluding steroid dienone is 4. The molecule has 0 radical (unpaired) electrons. The summed E-state index contributed by atoms with van der Waals surface area (Å²) in [6.07, 6.45) is 12.9. The van der Waals surface area contributed by atoms with Gasteiger partial charge in [-0.1, -0.05) is 52.2 Å². The molecule has 0 fully saturated rings. The molecule has 0 aromatic heterocycles. The van der Waals surface area contributed by atoms with Crippen LogP contribution in [0.1, 0.15) is 52.4 Å². The highest BCUT2D eigenvalue weighted by atomic mass is 16.5. The van der Waals surface area contributed by atoms with E-state index in [-0.39, 0.29) is 0 Å². The van der Waals surface area contributed by atoms with Crippen LogP contribution < -0.4 is 0 Å². The van der Waals surface area contributed by atoms with E-state index < -0.39 is 0 Å². The minimum Gasteiger partial charge on any atom is -0.497 e. The van der Waals surface area contributed by atoms with Crippen LogP contribution in [0.5, 0.6) is 0 Å². The van der Waals surface area contributed by atoms with Crippen molar-refractivity contribution in [3.63, 3.8) is 0 Å². The molecule has 0 amide bonds. The van der Waals surface area contributed by atoms with Gasteiger partial charge in [-0.25, -0.2) is 0 Å². The van der Waals surface area contributed by atoms with Gasteiger partial charge in [0.15, 0.2) is 0 Å². The topological polar surface area (TPSA) is 18.5 Å². The maximum Gasteiger partial charge on any atom is 0.121 e. The SMILES string of the molecule is C=C/C(=C\C(C)=C(/C=C)OC)OCCCCCCCC. The largest absolute Gasteiger partial charge is 0.497 e. The Bertz CT molecular complexity index is 337. The molecule has 0 saturated heterocycles. The van der Waals surface area contributed by atoms with Crippen molar-refractivity contribution >= 4 is 0 Å². The van der Waals surface area contributed by atoms with E-state index in [4.69, 9.17) is 9.47 Å². The van der Waals surface area contributed by atoms with Crippen molar-refractivity contribution in [3.05, 3.63) is 48.5 Å². The summed E-state index contributed by atoms with van der Waals surface area (Å²) in [7, 11) is 1.64. The van der Waals surface area contributed by atoms with E-state index in [0.717, 1.165) is 30.1 Å². The number of methoxy groups -OCH3 is 1. The van der Waals surface area contributed by atoms with Crippen LogP contribution in [0.4, 0.5) is 0 Å². The predicted molar refractivity (Wildman–Crippen MR) is 87.5 cm³/mol. The highest BCUT2D eigenvalue weighted by Gasteiger charge is 1.99. The van der Waals surface area contributed by atoms with Gasteiger partial charge in [0.1, 0.15) is 11.5 Å². The second kappa shape index (κ2) is 12.6. The first-order chi connectivity index (χ1) is 9.69. The van der Waals surface area contributed by atoms with Crippen molar-refractivity contribution in [3.8, 4) is 0 Å². The van der Waals surface area contributed by atoms with Gasteiger partial charge in [-0.15, -0.1) is 0 Å². The molecule has 0 heterocycles. The van der Waals surface area contributed by atoms with Crippen molar-refractivity contribution in [1.29, 1.82) is 0 Å². The Morgan fingerprint density at radius 3 is 2.20 bits per heavy atom. The first kappa shape index (κ1) is 18.6. The fourth-order valence-corrected chi connectivity index (χ4v) is 1.92. The lowest BCUT2D eigenvalue weighted by atomic mass is 10.1. The maximum atomic E-state index is 5.73. The second-order valence-electron chi connectivity index (χ2n) is 4.82. The van der Waals surface area contributed by atoms with E-state index in [1.165, 1.54) is 32.1 Å². The standard InChI is InChI=1S/C18H30O2/c1-6-9-10-11-12-13-14-20-17(7-2)15-16(4)18(8-3)19-5/h7-8,15H,2-3,6,9-14H2,1,4-5H3/b17-15+,18-16+. The van der Waals surface area contributed by atoms with Gasteiger partial charge in [-0.2, -0.15) is 0 Å². The van der Waals surface area contributed by atoms with E-state index >= 15 is 0 Å². The molecular formula is C18H30O2. The first-order valence-electron chi connectivity index (χ1n) is 7.53. The van der Waals surface area contributed by atoms with Gasteiger partial charge >= 0.3 is 0 Å². The molecule has 0 aliphatic carbocycles. The molecule has 0 unspecified atom stereocenters. The Kier molecular flexibility index (Phi) is 11.7. The van der Waals surface area contributed by atoms with E-state index in [0.29, 0.717) is 0 Å². The number of unbranched alkanes of at least 4 members (excludes halogenated alkanes) is 5. The van der Waals surface area contributed by atoms with Crippen LogP contribution in [-0.4, -0.2) is 13.7 Å². The van der Waals surface area contributed by atoms with Gasteiger partial charge < -0.3 is 9.47 Å². The van der Waals surface area contributed by atoms with Gasteiger partial charge in [0.2, 0.25) is 0 Å². The van der Waals surface area contributed by atoms with Crippen LogP contribution in [-0.2, 0) is 9.47 Å². The minimum absolute atomic E-state index is 0.744. The summed E-state index contributed by atoms with van der Waals surface area (Å²) in [5.74, 6) is 1.54. The molecule has 0 N–H and O–H groups in total. The summed E-state index contributed by atoms with van der Waals surface area (Å²) in [5, 5.41) is 0. The number of hydrogen-bond acceptors (Lipinski definition) is 2. The fraction of sp³-hybridized carbons (Fsp3) is 0.556. The number of rotatable bonds is 12. The van der Waals surface area contributed by atoms with E-state index in [2.05, 4.69) is 20.1 Å². The van der Waals surface area contributed by atoms with Gasteiger partial charge in [0.05, 0.1) is 13.7 Å². The Morgan fingerprint density at radius 2 is 1.65 bits per heavy atom. The molecule has 2 heteroatoms. The molecular weight excluding hydrogens is 248 g/mol. The molecule has 0 aliphatic rings. The molecule has 0 aliphatic heterocycles.